The number of ether oxygens (including phenoxy) is 1. The van der Waals surface area contributed by atoms with Gasteiger partial charge in [0, 0.05) is 0 Å². The van der Waals surface area contributed by atoms with Crippen molar-refractivity contribution in [3.8, 4) is 0 Å². The number of carbonyl (C=O) groups excluding carboxylic acids is 1. The molecular weight excluding hydrogens is 196 g/mol. The Morgan fingerprint density at radius 3 is 2.27 bits per heavy atom. The van der Waals surface area contributed by atoms with E-state index in [0.29, 0.717) is 0 Å². The Kier molecular flexibility index (Phi) is 3.37. The number of hydrogen-bond donors (Lipinski definition) is 1. The van der Waals surface area contributed by atoms with Gasteiger partial charge < -0.3 is 9.84 Å². The monoisotopic (exact) mass is 214 g/mol. The highest BCUT2D eigenvalue weighted by Gasteiger charge is 2.38. The van der Waals surface area contributed by atoms with Crippen molar-refractivity contribution in [1.82, 2.24) is 0 Å². The third-order valence-electron chi connectivity index (χ3n) is 2.31. The molecule has 0 aliphatic heterocycles. The Morgan fingerprint density at radius 2 is 1.93 bits per heavy atom. The largest absolute Gasteiger partial charge is 0.481 e. The molecule has 1 saturated carbocycles. The zero-order valence-corrected chi connectivity index (χ0v) is 9.45. The third-order valence-corrected chi connectivity index (χ3v) is 2.31. The van der Waals surface area contributed by atoms with Crippen LogP contribution >= 0.6 is 0 Å². The molecule has 1 fully saturated rings. The molecule has 1 N–H and O–H groups in total. The fourth-order valence-electron chi connectivity index (χ4n) is 1.52. The minimum atomic E-state index is -0.886. The molecule has 0 bridgehead atoms. The van der Waals surface area contributed by atoms with E-state index >= 15 is 0 Å². The zero-order valence-electron chi connectivity index (χ0n) is 9.45. The van der Waals surface area contributed by atoms with E-state index in [0.717, 1.165) is 12.8 Å². The van der Waals surface area contributed by atoms with E-state index in [2.05, 4.69) is 0 Å². The number of carboxylic acid groups (broad SMARTS) is 1. The van der Waals surface area contributed by atoms with Crippen LogP contribution in [0.25, 0.3) is 0 Å². The Hall–Kier alpha value is -1.06. The van der Waals surface area contributed by atoms with E-state index < -0.39 is 23.5 Å². The van der Waals surface area contributed by atoms with Gasteiger partial charge in [-0.25, -0.2) is 0 Å². The van der Waals surface area contributed by atoms with E-state index in [1.807, 2.05) is 0 Å². The van der Waals surface area contributed by atoms with Crippen LogP contribution in [0.5, 0.6) is 0 Å². The average Bonchev–Trinajstić information content (AvgIpc) is 2.78. The van der Waals surface area contributed by atoms with Crippen LogP contribution < -0.4 is 0 Å². The van der Waals surface area contributed by atoms with Gasteiger partial charge >= 0.3 is 11.9 Å². The second-order valence-electron chi connectivity index (χ2n) is 5.07. The topological polar surface area (TPSA) is 63.6 Å². The van der Waals surface area contributed by atoms with Crippen LogP contribution in [0, 0.1) is 11.8 Å². The second-order valence-corrected chi connectivity index (χ2v) is 5.07. The van der Waals surface area contributed by atoms with Gasteiger partial charge in [-0.3, -0.25) is 9.59 Å². The summed E-state index contributed by atoms with van der Waals surface area (Å²) in [6.07, 6.45) is 1.83. The first-order valence-electron chi connectivity index (χ1n) is 5.24. The maximum Gasteiger partial charge on any atom is 0.307 e. The van der Waals surface area contributed by atoms with Crippen molar-refractivity contribution in [2.45, 2.75) is 45.6 Å². The summed E-state index contributed by atoms with van der Waals surface area (Å²) in [5.41, 5.74) is -0.538. The molecule has 0 amide bonds. The van der Waals surface area contributed by atoms with Gasteiger partial charge in [-0.05, 0) is 39.5 Å². The zero-order chi connectivity index (χ0) is 11.6. The van der Waals surface area contributed by atoms with Gasteiger partial charge in [-0.2, -0.15) is 0 Å². The lowest BCUT2D eigenvalue weighted by Crippen LogP contribution is -2.28. The van der Waals surface area contributed by atoms with E-state index in [1.54, 1.807) is 20.8 Å². The summed E-state index contributed by atoms with van der Waals surface area (Å²) < 4.78 is 5.09. The normalized spacial score (nSPS) is 18.3. The highest BCUT2D eigenvalue weighted by atomic mass is 16.6. The standard InChI is InChI=1S/C11H18O4/c1-11(2,3)15-9(12)6-8(10(13)14)7-4-5-7/h7-8H,4-6H2,1-3H3,(H,13,14)/t8-/m1/s1. The van der Waals surface area contributed by atoms with Crippen molar-refractivity contribution in [1.29, 1.82) is 0 Å². The second kappa shape index (κ2) is 4.21. The van der Waals surface area contributed by atoms with Crippen molar-refractivity contribution in [2.24, 2.45) is 11.8 Å². The molecule has 0 heterocycles. The molecule has 0 aromatic carbocycles. The number of carbonyl (C=O) groups is 2. The molecule has 1 atom stereocenters. The summed E-state index contributed by atoms with van der Waals surface area (Å²) in [7, 11) is 0. The maximum atomic E-state index is 11.4. The number of hydrogen-bond acceptors (Lipinski definition) is 3. The lowest BCUT2D eigenvalue weighted by molar-refractivity contribution is -0.160. The summed E-state index contributed by atoms with van der Waals surface area (Å²) >= 11 is 0. The van der Waals surface area contributed by atoms with Crippen molar-refractivity contribution < 1.29 is 19.4 Å². The molecule has 86 valence electrons. The molecule has 4 nitrogen and oxygen atoms in total. The number of aliphatic carboxylic acids is 1. The highest BCUT2D eigenvalue weighted by Crippen LogP contribution is 2.39. The van der Waals surface area contributed by atoms with Crippen molar-refractivity contribution in [3.63, 3.8) is 0 Å². The smallest absolute Gasteiger partial charge is 0.307 e. The molecule has 0 unspecified atom stereocenters. The molecule has 0 radical (unpaired) electrons. The summed E-state index contributed by atoms with van der Waals surface area (Å²) in [4.78, 5) is 22.3. The lowest BCUT2D eigenvalue weighted by atomic mass is 10.00. The van der Waals surface area contributed by atoms with E-state index in [9.17, 15) is 9.59 Å². The van der Waals surface area contributed by atoms with E-state index in [1.165, 1.54) is 0 Å². The Bertz CT molecular complexity index is 260. The SMILES string of the molecule is CC(C)(C)OC(=O)C[C@@H](C(=O)O)C1CC1. The average molecular weight is 214 g/mol. The molecule has 0 saturated heterocycles. The first kappa shape index (κ1) is 12.0. The fourth-order valence-corrected chi connectivity index (χ4v) is 1.52. The molecule has 0 spiro atoms. The van der Waals surface area contributed by atoms with Crippen molar-refractivity contribution in [3.05, 3.63) is 0 Å². The summed E-state index contributed by atoms with van der Waals surface area (Å²) in [6.45, 7) is 5.33. The van der Waals surface area contributed by atoms with Crippen LogP contribution in [0.3, 0.4) is 0 Å². The van der Waals surface area contributed by atoms with E-state index in [4.69, 9.17) is 9.84 Å². The van der Waals surface area contributed by atoms with Crippen molar-refractivity contribution >= 4 is 11.9 Å². The quantitative estimate of drug-likeness (QED) is 0.725. The van der Waals surface area contributed by atoms with Gasteiger partial charge in [0.2, 0.25) is 0 Å². The fraction of sp³-hybridized carbons (Fsp3) is 0.818. The van der Waals surface area contributed by atoms with Crippen LogP contribution in [0.1, 0.15) is 40.0 Å². The number of carboxylic acids is 1. The van der Waals surface area contributed by atoms with Gasteiger partial charge in [-0.15, -0.1) is 0 Å². The van der Waals surface area contributed by atoms with Gasteiger partial charge in [0.15, 0.2) is 0 Å². The molecule has 1 aliphatic rings. The van der Waals surface area contributed by atoms with E-state index in [-0.39, 0.29) is 12.3 Å². The van der Waals surface area contributed by atoms with Crippen molar-refractivity contribution in [2.75, 3.05) is 0 Å². The first-order valence-corrected chi connectivity index (χ1v) is 5.24. The summed E-state index contributed by atoms with van der Waals surface area (Å²) in [5.74, 6) is -1.68. The Labute approximate surface area is 89.6 Å². The van der Waals surface area contributed by atoms with Gasteiger partial charge in [0.25, 0.3) is 0 Å². The van der Waals surface area contributed by atoms with Gasteiger partial charge in [0.1, 0.15) is 5.60 Å². The predicted octanol–water partition coefficient (Wildman–Crippen LogP) is 1.83. The lowest BCUT2D eigenvalue weighted by Gasteiger charge is -2.20. The summed E-state index contributed by atoms with van der Waals surface area (Å²) in [5, 5.41) is 8.92. The minimum Gasteiger partial charge on any atom is -0.481 e. The predicted molar refractivity (Wildman–Crippen MR) is 54.3 cm³/mol. The summed E-state index contributed by atoms with van der Waals surface area (Å²) in [6, 6.07) is 0. The number of esters is 1. The molecule has 1 rings (SSSR count). The Morgan fingerprint density at radius 1 is 1.40 bits per heavy atom. The molecule has 4 heteroatoms. The number of rotatable bonds is 4. The minimum absolute atomic E-state index is 0.00271. The first-order chi connectivity index (χ1) is 6.79. The molecular formula is C11H18O4. The third kappa shape index (κ3) is 4.32. The van der Waals surface area contributed by atoms with Gasteiger partial charge in [0.05, 0.1) is 12.3 Å². The molecule has 0 aromatic heterocycles. The molecule has 15 heavy (non-hydrogen) atoms. The molecule has 1 aliphatic carbocycles. The molecule has 0 aromatic rings. The Balaban J connectivity index is 2.44. The van der Waals surface area contributed by atoms with Crippen LogP contribution in [-0.4, -0.2) is 22.6 Å². The van der Waals surface area contributed by atoms with Gasteiger partial charge in [-0.1, -0.05) is 0 Å². The van der Waals surface area contributed by atoms with Crippen LogP contribution in [0.2, 0.25) is 0 Å². The van der Waals surface area contributed by atoms with Crippen LogP contribution in [0.4, 0.5) is 0 Å². The maximum absolute atomic E-state index is 11.4. The van der Waals surface area contributed by atoms with Crippen LogP contribution in [-0.2, 0) is 14.3 Å². The highest BCUT2D eigenvalue weighted by molar-refractivity contribution is 5.79. The van der Waals surface area contributed by atoms with Crippen LogP contribution in [0.15, 0.2) is 0 Å².